The zero-order chi connectivity index (χ0) is 20.3. The molecule has 2 aliphatic rings. The van der Waals surface area contributed by atoms with Crippen molar-refractivity contribution in [3.05, 3.63) is 120 Å². The molecule has 0 aromatic heterocycles. The quantitative estimate of drug-likeness (QED) is 0.397. The van der Waals surface area contributed by atoms with Gasteiger partial charge in [-0.15, -0.1) is 0 Å². The number of ether oxygens (including phenoxy) is 1. The minimum atomic E-state index is -0.353. The molecular formula is C25H22N2O2. The SMILES string of the molecule is Nc1cccc(C23C=CC=CC2O3)c1N.O=C(c1ccccc1)c1ccccc1. The van der Waals surface area contributed by atoms with Crippen molar-refractivity contribution in [3.63, 3.8) is 0 Å². The van der Waals surface area contributed by atoms with Gasteiger partial charge < -0.3 is 16.2 Å². The molecule has 1 fully saturated rings. The number of fused-ring (bicyclic) bond motifs is 1. The van der Waals surface area contributed by atoms with Gasteiger partial charge in [-0.2, -0.15) is 0 Å². The standard InChI is InChI=1S/C13H10O.C12H12N2O/c14-13(11-7-3-1-4-8-11)12-9-5-2-6-10-12;13-9-5-3-4-8(11(9)14)12-7-2-1-6-10(12)15-12/h1-10H;1-7,10H,13-14H2. The lowest BCUT2D eigenvalue weighted by molar-refractivity contribution is 0.103. The topological polar surface area (TPSA) is 81.6 Å². The highest BCUT2D eigenvalue weighted by Gasteiger charge is 2.56. The van der Waals surface area contributed by atoms with Gasteiger partial charge in [-0.1, -0.05) is 91.0 Å². The zero-order valence-electron chi connectivity index (χ0n) is 15.9. The number of hydrogen-bond donors (Lipinski definition) is 2. The lowest BCUT2D eigenvalue weighted by Gasteiger charge is -2.13. The Hall–Kier alpha value is -3.63. The van der Waals surface area contributed by atoms with E-state index in [1.54, 1.807) is 6.07 Å². The fourth-order valence-corrected chi connectivity index (χ4v) is 3.43. The van der Waals surface area contributed by atoms with Crippen LogP contribution in [0.5, 0.6) is 0 Å². The summed E-state index contributed by atoms with van der Waals surface area (Å²) in [5.41, 5.74) is 15.1. The minimum absolute atomic E-state index is 0.0752. The van der Waals surface area contributed by atoms with Crippen molar-refractivity contribution in [1.82, 2.24) is 0 Å². The average Bonchev–Trinajstić information content (AvgIpc) is 3.52. The smallest absolute Gasteiger partial charge is 0.193 e. The van der Waals surface area contributed by atoms with Crippen molar-refractivity contribution in [1.29, 1.82) is 0 Å². The number of nitrogens with two attached hydrogens (primary N) is 2. The Balaban J connectivity index is 0.000000142. The van der Waals surface area contributed by atoms with Gasteiger partial charge in [0.25, 0.3) is 0 Å². The molecule has 144 valence electrons. The molecule has 4 nitrogen and oxygen atoms in total. The van der Waals surface area contributed by atoms with E-state index in [-0.39, 0.29) is 17.5 Å². The zero-order valence-corrected chi connectivity index (χ0v) is 15.9. The second-order valence-corrected chi connectivity index (χ2v) is 6.95. The number of epoxide rings is 1. The van der Waals surface area contributed by atoms with E-state index in [0.717, 1.165) is 16.7 Å². The highest BCUT2D eigenvalue weighted by molar-refractivity contribution is 6.08. The monoisotopic (exact) mass is 382 g/mol. The predicted octanol–water partition coefficient (Wildman–Crippen LogP) is 4.49. The molecule has 2 unspecified atom stereocenters. The predicted molar refractivity (Wildman–Crippen MR) is 116 cm³/mol. The highest BCUT2D eigenvalue weighted by atomic mass is 16.6. The number of benzene rings is 3. The third-order valence-electron chi connectivity index (χ3n) is 5.06. The second kappa shape index (κ2) is 7.78. The molecule has 1 heterocycles. The van der Waals surface area contributed by atoms with Crippen LogP contribution >= 0.6 is 0 Å². The van der Waals surface area contributed by atoms with Crippen LogP contribution in [0.2, 0.25) is 0 Å². The maximum Gasteiger partial charge on any atom is 0.193 e. The third-order valence-corrected chi connectivity index (χ3v) is 5.06. The van der Waals surface area contributed by atoms with Crippen molar-refractivity contribution < 1.29 is 9.53 Å². The normalized spacial score (nSPS) is 20.9. The van der Waals surface area contributed by atoms with E-state index in [0.29, 0.717) is 11.4 Å². The van der Waals surface area contributed by atoms with Crippen molar-refractivity contribution in [3.8, 4) is 0 Å². The summed E-state index contributed by atoms with van der Waals surface area (Å²) < 4.78 is 5.68. The fourth-order valence-electron chi connectivity index (χ4n) is 3.43. The molecule has 1 aliphatic heterocycles. The Labute approximate surface area is 170 Å². The molecule has 5 rings (SSSR count). The van der Waals surface area contributed by atoms with Crippen LogP contribution in [0.25, 0.3) is 0 Å². The molecule has 3 aromatic carbocycles. The van der Waals surface area contributed by atoms with Gasteiger partial charge in [-0.25, -0.2) is 0 Å². The summed E-state index contributed by atoms with van der Waals surface area (Å²) in [4.78, 5) is 11.8. The number of ketones is 1. The van der Waals surface area contributed by atoms with Crippen LogP contribution in [0.3, 0.4) is 0 Å². The van der Waals surface area contributed by atoms with Crippen LogP contribution in [-0.2, 0) is 10.3 Å². The van der Waals surface area contributed by atoms with E-state index < -0.39 is 0 Å². The number of nitrogen functional groups attached to an aromatic ring is 2. The van der Waals surface area contributed by atoms with Gasteiger partial charge in [-0.3, -0.25) is 4.79 Å². The summed E-state index contributed by atoms with van der Waals surface area (Å²) >= 11 is 0. The van der Waals surface area contributed by atoms with Gasteiger partial charge in [0.05, 0.1) is 11.4 Å². The van der Waals surface area contributed by atoms with Crippen molar-refractivity contribution in [2.75, 3.05) is 11.5 Å². The van der Waals surface area contributed by atoms with Crippen LogP contribution in [0.15, 0.2) is 103 Å². The first-order valence-corrected chi connectivity index (χ1v) is 9.45. The lowest BCUT2D eigenvalue weighted by atomic mass is 9.90. The summed E-state index contributed by atoms with van der Waals surface area (Å²) in [5.74, 6) is 0.0752. The maximum absolute atomic E-state index is 11.8. The summed E-state index contributed by atoms with van der Waals surface area (Å²) in [6.07, 6.45) is 8.14. The van der Waals surface area contributed by atoms with E-state index in [1.165, 1.54) is 0 Å². The number of allylic oxidation sites excluding steroid dienone is 2. The van der Waals surface area contributed by atoms with Crippen LogP contribution in [0.1, 0.15) is 21.5 Å². The molecule has 1 saturated heterocycles. The van der Waals surface area contributed by atoms with E-state index in [1.807, 2.05) is 97.1 Å². The van der Waals surface area contributed by atoms with E-state index in [9.17, 15) is 4.79 Å². The molecule has 29 heavy (non-hydrogen) atoms. The number of carbonyl (C=O) groups excluding carboxylic acids is 1. The number of carbonyl (C=O) groups is 1. The summed E-state index contributed by atoms with van der Waals surface area (Å²) in [5, 5.41) is 0. The Morgan fingerprint density at radius 1 is 0.793 bits per heavy atom. The van der Waals surface area contributed by atoms with E-state index in [2.05, 4.69) is 0 Å². The molecule has 4 N–H and O–H groups in total. The molecular weight excluding hydrogens is 360 g/mol. The number of anilines is 2. The molecule has 4 heteroatoms. The first-order chi connectivity index (χ1) is 14.1. The Morgan fingerprint density at radius 2 is 1.41 bits per heavy atom. The molecule has 0 saturated carbocycles. The van der Waals surface area contributed by atoms with Gasteiger partial charge in [0.1, 0.15) is 11.7 Å². The van der Waals surface area contributed by atoms with Crippen molar-refractivity contribution >= 4 is 17.2 Å². The van der Waals surface area contributed by atoms with Gasteiger partial charge in [0, 0.05) is 16.7 Å². The average molecular weight is 382 g/mol. The molecule has 0 bridgehead atoms. The summed E-state index contributed by atoms with van der Waals surface area (Å²) in [7, 11) is 0. The number of para-hydroxylation sites is 1. The third kappa shape index (κ3) is 3.71. The first-order valence-electron chi connectivity index (χ1n) is 9.45. The minimum Gasteiger partial charge on any atom is -0.397 e. The second-order valence-electron chi connectivity index (χ2n) is 6.95. The van der Waals surface area contributed by atoms with Gasteiger partial charge in [-0.05, 0) is 12.1 Å². The fraction of sp³-hybridized carbons (Fsp3) is 0.0800. The van der Waals surface area contributed by atoms with Gasteiger partial charge in [0.2, 0.25) is 0 Å². The molecule has 0 radical (unpaired) electrons. The number of rotatable bonds is 3. The maximum atomic E-state index is 11.8. The Morgan fingerprint density at radius 3 is 2.00 bits per heavy atom. The summed E-state index contributed by atoms with van der Waals surface area (Å²) in [6.45, 7) is 0. The van der Waals surface area contributed by atoms with Gasteiger partial charge in [0.15, 0.2) is 5.78 Å². The van der Waals surface area contributed by atoms with Crippen LogP contribution < -0.4 is 11.5 Å². The highest BCUT2D eigenvalue weighted by Crippen LogP contribution is 2.52. The van der Waals surface area contributed by atoms with Gasteiger partial charge >= 0.3 is 0 Å². The Bertz CT molecular complexity index is 1030. The first kappa shape index (κ1) is 18.7. The molecule has 2 atom stereocenters. The van der Waals surface area contributed by atoms with Crippen LogP contribution in [0.4, 0.5) is 11.4 Å². The number of hydrogen-bond acceptors (Lipinski definition) is 4. The molecule has 1 aliphatic carbocycles. The molecule has 0 spiro atoms. The Kier molecular flexibility index (Phi) is 5.02. The summed E-state index contributed by atoms with van der Waals surface area (Å²) in [6, 6.07) is 24.3. The molecule has 0 amide bonds. The van der Waals surface area contributed by atoms with Crippen molar-refractivity contribution in [2.45, 2.75) is 11.7 Å². The van der Waals surface area contributed by atoms with E-state index in [4.69, 9.17) is 16.2 Å². The molecule has 3 aromatic rings. The van der Waals surface area contributed by atoms with E-state index >= 15 is 0 Å². The largest absolute Gasteiger partial charge is 0.397 e. The van der Waals surface area contributed by atoms with Crippen LogP contribution in [-0.4, -0.2) is 11.9 Å². The lowest BCUT2D eigenvalue weighted by Crippen LogP contribution is -2.14. The van der Waals surface area contributed by atoms with Crippen molar-refractivity contribution in [2.24, 2.45) is 0 Å². The van der Waals surface area contributed by atoms with Crippen LogP contribution in [0, 0.1) is 0 Å².